The van der Waals surface area contributed by atoms with Crippen LogP contribution < -0.4 is 0 Å². The molecule has 0 saturated carbocycles. The Kier molecular flexibility index (Phi) is 18.8. The molecule has 0 rings (SSSR count). The van der Waals surface area contributed by atoms with Gasteiger partial charge in [-0.2, -0.15) is 0 Å². The van der Waals surface area contributed by atoms with E-state index in [1.54, 1.807) is 27.7 Å². The molecular weight excluding hydrogens is 359 g/mol. The molecule has 0 aliphatic carbocycles. The molecule has 0 radical (unpaired) electrons. The fourth-order valence-electron chi connectivity index (χ4n) is 0.650. The van der Waals surface area contributed by atoms with Crippen LogP contribution in [0.1, 0.15) is 69.2 Å². The maximum Gasteiger partial charge on any atom is 0.0961 e. The van der Waals surface area contributed by atoms with Crippen molar-refractivity contribution in [2.75, 3.05) is 0 Å². The zero-order valence-corrected chi connectivity index (χ0v) is 18.6. The van der Waals surface area contributed by atoms with E-state index in [2.05, 4.69) is 0 Å². The van der Waals surface area contributed by atoms with Crippen molar-refractivity contribution in [3.05, 3.63) is 11.8 Å². The normalized spacial score (nSPS) is 13.5. The van der Waals surface area contributed by atoms with Gasteiger partial charge in [0.15, 0.2) is 0 Å². The average molecular weight is 398 g/mol. The fraction of sp³-hybridized carbons (Fsp3) is 0.882. The third-order valence-corrected chi connectivity index (χ3v) is 1.97. The summed E-state index contributed by atoms with van der Waals surface area (Å²) in [6.45, 7) is 18.4. The van der Waals surface area contributed by atoms with E-state index in [-0.39, 0.29) is 55.0 Å². The third kappa shape index (κ3) is 28.5. The number of aliphatic hydroxyl groups is 4. The van der Waals surface area contributed by atoms with Gasteiger partial charge in [0.25, 0.3) is 0 Å². The van der Waals surface area contributed by atoms with E-state index in [1.807, 2.05) is 41.5 Å². The summed E-state index contributed by atoms with van der Waals surface area (Å²) in [6.07, 6.45) is 0.590. The van der Waals surface area contributed by atoms with Crippen LogP contribution in [0, 0.1) is 10.8 Å². The topological polar surface area (TPSA) is 80.9 Å². The number of allylic oxidation sites excluding steroid dienone is 1. The number of rotatable bonds is 1. The van der Waals surface area contributed by atoms with Gasteiger partial charge in [-0.3, -0.25) is 0 Å². The number of aliphatic hydroxyl groups excluding tert-OH is 4. The summed E-state index contributed by atoms with van der Waals surface area (Å²) in [5, 5.41) is 35.4. The molecule has 0 aromatic rings. The van der Waals surface area contributed by atoms with Crippen LogP contribution in [0.15, 0.2) is 11.8 Å². The average Bonchev–Trinajstić information content (AvgIpc) is 2.11. The summed E-state index contributed by atoms with van der Waals surface area (Å²) < 4.78 is 0. The zero-order valence-electron chi connectivity index (χ0n) is 16.1. The van der Waals surface area contributed by atoms with Crippen LogP contribution in [0.25, 0.3) is 0 Å². The third-order valence-electron chi connectivity index (χ3n) is 1.97. The first-order valence-electron chi connectivity index (χ1n) is 7.47. The molecule has 0 aromatic heterocycles. The number of hydrogen-bond donors (Lipinski definition) is 4. The summed E-state index contributed by atoms with van der Waals surface area (Å²) in [4.78, 5) is 0. The van der Waals surface area contributed by atoms with E-state index in [4.69, 9.17) is 10.2 Å². The Balaban J connectivity index is -0.000000150. The molecule has 134 valence electrons. The van der Waals surface area contributed by atoms with E-state index in [9.17, 15) is 10.2 Å². The Hall–Kier alpha value is 0.303. The smallest absolute Gasteiger partial charge is 0.0961 e. The molecule has 0 aromatic carbocycles. The van der Waals surface area contributed by atoms with Crippen molar-refractivity contribution in [3.8, 4) is 0 Å². The predicted molar refractivity (Wildman–Crippen MR) is 90.3 cm³/mol. The van der Waals surface area contributed by atoms with Gasteiger partial charge in [0.2, 0.25) is 0 Å². The summed E-state index contributed by atoms with van der Waals surface area (Å²) in [7, 11) is 0. The van der Waals surface area contributed by atoms with Crippen LogP contribution in [-0.2, 0) is 26.2 Å². The first-order valence-corrected chi connectivity index (χ1v) is 7.47. The van der Waals surface area contributed by atoms with E-state index in [1.165, 1.54) is 6.08 Å². The first kappa shape index (κ1) is 30.2. The molecule has 0 amide bonds. The van der Waals surface area contributed by atoms with Gasteiger partial charge < -0.3 is 20.4 Å². The van der Waals surface area contributed by atoms with E-state index in [0.29, 0.717) is 0 Å². The maximum absolute atomic E-state index is 9.68. The Labute approximate surface area is 156 Å². The predicted octanol–water partition coefficient (Wildman–Crippen LogP) is 3.65. The van der Waals surface area contributed by atoms with Crippen LogP contribution >= 0.6 is 0 Å². The Morgan fingerprint density at radius 3 is 1.14 bits per heavy atom. The summed E-state index contributed by atoms with van der Waals surface area (Å²) in [5.41, 5.74) is -0.508. The van der Waals surface area contributed by atoms with Crippen LogP contribution in [0.5, 0.6) is 0 Å². The summed E-state index contributed by atoms with van der Waals surface area (Å²) >= 11 is 0. The van der Waals surface area contributed by atoms with Gasteiger partial charge in [0, 0.05) is 43.8 Å². The van der Waals surface area contributed by atoms with Gasteiger partial charge in [0.05, 0.1) is 11.9 Å². The van der Waals surface area contributed by atoms with Crippen molar-refractivity contribution in [1.29, 1.82) is 0 Å². The molecule has 0 fully saturated rings. The molecule has 0 aliphatic rings. The van der Waals surface area contributed by atoms with Gasteiger partial charge in [-0.1, -0.05) is 41.5 Å². The molecule has 0 spiro atoms. The Bertz CT molecular complexity index is 262. The molecule has 22 heavy (non-hydrogen) atoms. The van der Waals surface area contributed by atoms with E-state index < -0.39 is 6.10 Å². The van der Waals surface area contributed by atoms with Gasteiger partial charge >= 0.3 is 0 Å². The van der Waals surface area contributed by atoms with Crippen LogP contribution in [0.2, 0.25) is 0 Å². The minimum absolute atomic E-state index is 0. The Morgan fingerprint density at radius 2 is 1.00 bits per heavy atom. The second-order valence-electron chi connectivity index (χ2n) is 7.80. The fourth-order valence-corrected chi connectivity index (χ4v) is 0.650. The monoisotopic (exact) mass is 396 g/mol. The second-order valence-corrected chi connectivity index (χ2v) is 7.80. The van der Waals surface area contributed by atoms with Crippen molar-refractivity contribution in [1.82, 2.24) is 0 Å². The quantitative estimate of drug-likeness (QED) is 0.509. The molecule has 5 heteroatoms. The van der Waals surface area contributed by atoms with Crippen LogP contribution in [0.4, 0.5) is 0 Å². The SMILES string of the molecule is CC(C)(C)C(O)=CC(O)C(C)(C)C.CC(C)O.CC(C)O.[Zr]. The van der Waals surface area contributed by atoms with Crippen molar-refractivity contribution in [2.24, 2.45) is 10.8 Å². The number of hydrogen-bond acceptors (Lipinski definition) is 4. The van der Waals surface area contributed by atoms with Gasteiger partial charge in [-0.25, -0.2) is 0 Å². The van der Waals surface area contributed by atoms with Gasteiger partial charge in [-0.15, -0.1) is 0 Å². The minimum Gasteiger partial charge on any atom is -0.512 e. The van der Waals surface area contributed by atoms with Gasteiger partial charge in [-0.05, 0) is 39.2 Å². The molecule has 0 bridgehead atoms. The second kappa shape index (κ2) is 13.7. The van der Waals surface area contributed by atoms with Crippen LogP contribution in [-0.4, -0.2) is 38.7 Å². The van der Waals surface area contributed by atoms with Crippen LogP contribution in [0.3, 0.4) is 0 Å². The summed E-state index contributed by atoms with van der Waals surface area (Å²) in [5.74, 6) is 0.245. The van der Waals surface area contributed by atoms with Gasteiger partial charge in [0.1, 0.15) is 0 Å². The van der Waals surface area contributed by atoms with Crippen molar-refractivity contribution in [2.45, 2.75) is 87.5 Å². The first-order chi connectivity index (χ1) is 9.01. The molecule has 4 nitrogen and oxygen atoms in total. The zero-order chi connectivity index (χ0) is 18.0. The maximum atomic E-state index is 9.68. The molecular formula is C17H38O4Zr. The van der Waals surface area contributed by atoms with Crippen molar-refractivity contribution >= 4 is 0 Å². The molecule has 4 N–H and O–H groups in total. The summed E-state index contributed by atoms with van der Waals surface area (Å²) in [6, 6.07) is 0. The molecule has 0 aliphatic heterocycles. The molecule has 0 heterocycles. The minimum atomic E-state index is -0.605. The van der Waals surface area contributed by atoms with E-state index >= 15 is 0 Å². The van der Waals surface area contributed by atoms with E-state index in [0.717, 1.165) is 0 Å². The largest absolute Gasteiger partial charge is 0.512 e. The molecule has 1 unspecified atom stereocenters. The standard InChI is InChI=1S/C11H22O2.2C3H8O.Zr/c1-10(2,3)8(12)7-9(13)11(4,5)6;2*1-3(2)4;/h7-8,12-13H,1-6H3;2*3-4H,1-2H3;. The Morgan fingerprint density at radius 1 is 0.773 bits per heavy atom. The molecule has 0 saturated heterocycles. The molecule has 1 atom stereocenters. The van der Waals surface area contributed by atoms with Crippen molar-refractivity contribution in [3.63, 3.8) is 0 Å². The van der Waals surface area contributed by atoms with Crippen molar-refractivity contribution < 1.29 is 46.6 Å².